The predicted molar refractivity (Wildman–Crippen MR) is 77.1 cm³/mol. The van der Waals surface area contributed by atoms with E-state index in [0.717, 1.165) is 19.5 Å². The Morgan fingerprint density at radius 2 is 2.25 bits per heavy atom. The van der Waals surface area contributed by atoms with E-state index in [0.29, 0.717) is 17.4 Å². The summed E-state index contributed by atoms with van der Waals surface area (Å²) in [4.78, 5) is 11.9. The van der Waals surface area contributed by atoms with E-state index >= 15 is 0 Å². The highest BCUT2D eigenvalue weighted by Crippen LogP contribution is 2.18. The van der Waals surface area contributed by atoms with Crippen LogP contribution in [0.15, 0.2) is 24.3 Å². The zero-order valence-corrected chi connectivity index (χ0v) is 12.0. The Labute approximate surface area is 119 Å². The third-order valence-electron chi connectivity index (χ3n) is 3.59. The zero-order valence-electron chi connectivity index (χ0n) is 12.0. The van der Waals surface area contributed by atoms with E-state index in [9.17, 15) is 4.79 Å². The SMILES string of the molecule is COc1cccc(OCC(=O)NC2CNCCC2C)c1. The van der Waals surface area contributed by atoms with Gasteiger partial charge in [0.05, 0.1) is 7.11 Å². The van der Waals surface area contributed by atoms with Gasteiger partial charge in [-0.1, -0.05) is 13.0 Å². The number of hydrogen-bond donors (Lipinski definition) is 2. The lowest BCUT2D eigenvalue weighted by molar-refractivity contribution is -0.124. The molecule has 1 aromatic carbocycles. The summed E-state index contributed by atoms with van der Waals surface area (Å²) in [6.07, 6.45) is 1.09. The van der Waals surface area contributed by atoms with Gasteiger partial charge >= 0.3 is 0 Å². The number of carbonyl (C=O) groups excluding carboxylic acids is 1. The summed E-state index contributed by atoms with van der Waals surface area (Å²) < 4.78 is 10.6. The summed E-state index contributed by atoms with van der Waals surface area (Å²) in [6, 6.07) is 7.42. The Morgan fingerprint density at radius 1 is 1.45 bits per heavy atom. The fourth-order valence-corrected chi connectivity index (χ4v) is 2.27. The van der Waals surface area contributed by atoms with Crippen LogP contribution in [0, 0.1) is 5.92 Å². The number of amides is 1. The topological polar surface area (TPSA) is 59.6 Å². The second kappa shape index (κ2) is 7.14. The van der Waals surface area contributed by atoms with Crippen molar-refractivity contribution in [3.05, 3.63) is 24.3 Å². The first kappa shape index (κ1) is 14.7. The van der Waals surface area contributed by atoms with Crippen LogP contribution >= 0.6 is 0 Å². The van der Waals surface area contributed by atoms with Gasteiger partial charge in [-0.15, -0.1) is 0 Å². The van der Waals surface area contributed by atoms with Gasteiger partial charge in [-0.2, -0.15) is 0 Å². The van der Waals surface area contributed by atoms with Gasteiger partial charge in [0.2, 0.25) is 0 Å². The Kier molecular flexibility index (Phi) is 5.24. The Balaban J connectivity index is 1.79. The van der Waals surface area contributed by atoms with Gasteiger partial charge in [-0.25, -0.2) is 0 Å². The molecule has 2 N–H and O–H groups in total. The Bertz CT molecular complexity index is 450. The summed E-state index contributed by atoms with van der Waals surface area (Å²) in [5, 5.41) is 6.30. The van der Waals surface area contributed by atoms with Crippen molar-refractivity contribution in [1.82, 2.24) is 10.6 Å². The number of benzene rings is 1. The molecule has 0 aliphatic carbocycles. The number of hydrogen-bond acceptors (Lipinski definition) is 4. The maximum absolute atomic E-state index is 11.9. The van der Waals surface area contributed by atoms with Crippen LogP contribution in [0.3, 0.4) is 0 Å². The number of carbonyl (C=O) groups is 1. The van der Waals surface area contributed by atoms with Gasteiger partial charge in [0.25, 0.3) is 5.91 Å². The van der Waals surface area contributed by atoms with Crippen molar-refractivity contribution in [2.45, 2.75) is 19.4 Å². The van der Waals surface area contributed by atoms with Crippen LogP contribution in [0.5, 0.6) is 11.5 Å². The van der Waals surface area contributed by atoms with Crippen LogP contribution in [0.2, 0.25) is 0 Å². The van der Waals surface area contributed by atoms with Crippen LogP contribution in [-0.2, 0) is 4.79 Å². The lowest BCUT2D eigenvalue weighted by atomic mass is 9.95. The Morgan fingerprint density at radius 3 is 3.00 bits per heavy atom. The van der Waals surface area contributed by atoms with Gasteiger partial charge in [-0.05, 0) is 31.0 Å². The molecule has 2 unspecified atom stereocenters. The van der Waals surface area contributed by atoms with Crippen LogP contribution < -0.4 is 20.1 Å². The van der Waals surface area contributed by atoms with Crippen molar-refractivity contribution in [2.75, 3.05) is 26.8 Å². The second-order valence-corrected chi connectivity index (χ2v) is 5.11. The molecule has 0 spiro atoms. The standard InChI is InChI=1S/C15H22N2O3/c1-11-6-7-16-9-14(11)17-15(18)10-20-13-5-3-4-12(8-13)19-2/h3-5,8,11,14,16H,6-7,9-10H2,1-2H3,(H,17,18). The largest absolute Gasteiger partial charge is 0.497 e. The molecule has 1 aromatic rings. The average Bonchev–Trinajstić information content (AvgIpc) is 2.48. The number of piperidine rings is 1. The molecule has 2 atom stereocenters. The lowest BCUT2D eigenvalue weighted by Gasteiger charge is -2.30. The highest BCUT2D eigenvalue weighted by molar-refractivity contribution is 5.77. The van der Waals surface area contributed by atoms with Gasteiger partial charge in [0.1, 0.15) is 11.5 Å². The minimum Gasteiger partial charge on any atom is -0.497 e. The Hall–Kier alpha value is -1.75. The van der Waals surface area contributed by atoms with Crippen LogP contribution in [0.1, 0.15) is 13.3 Å². The third kappa shape index (κ3) is 4.13. The van der Waals surface area contributed by atoms with Crippen LogP contribution in [0.25, 0.3) is 0 Å². The first-order valence-electron chi connectivity index (χ1n) is 6.96. The van der Waals surface area contributed by atoms with Crippen LogP contribution in [0.4, 0.5) is 0 Å². The average molecular weight is 278 g/mol. The molecule has 1 aliphatic rings. The molecular formula is C15H22N2O3. The van der Waals surface area contributed by atoms with E-state index in [1.165, 1.54) is 0 Å². The first-order valence-corrected chi connectivity index (χ1v) is 6.96. The molecule has 0 radical (unpaired) electrons. The summed E-state index contributed by atoms with van der Waals surface area (Å²) >= 11 is 0. The second-order valence-electron chi connectivity index (χ2n) is 5.11. The molecule has 1 fully saturated rings. The molecular weight excluding hydrogens is 256 g/mol. The summed E-state index contributed by atoms with van der Waals surface area (Å²) in [5.41, 5.74) is 0. The number of nitrogens with one attached hydrogen (secondary N) is 2. The van der Waals surface area contributed by atoms with E-state index in [-0.39, 0.29) is 18.6 Å². The van der Waals surface area contributed by atoms with Gasteiger partial charge in [0.15, 0.2) is 6.61 Å². The maximum atomic E-state index is 11.9. The van der Waals surface area contributed by atoms with Crippen molar-refractivity contribution in [3.8, 4) is 11.5 Å². The highest BCUT2D eigenvalue weighted by Gasteiger charge is 2.22. The normalized spacial score (nSPS) is 22.1. The predicted octanol–water partition coefficient (Wildman–Crippen LogP) is 1.19. The molecule has 1 heterocycles. The lowest BCUT2D eigenvalue weighted by Crippen LogP contribution is -2.51. The minimum absolute atomic E-state index is 0.0242. The minimum atomic E-state index is -0.0895. The van der Waals surface area contributed by atoms with E-state index < -0.39 is 0 Å². The van der Waals surface area contributed by atoms with Gasteiger partial charge in [0, 0.05) is 18.7 Å². The summed E-state index contributed by atoms with van der Waals surface area (Å²) in [5.74, 6) is 1.76. The molecule has 0 aromatic heterocycles. The number of methoxy groups -OCH3 is 1. The summed E-state index contributed by atoms with van der Waals surface area (Å²) in [6.45, 7) is 4.03. The summed E-state index contributed by atoms with van der Waals surface area (Å²) in [7, 11) is 1.60. The van der Waals surface area contributed by atoms with Crippen molar-refractivity contribution < 1.29 is 14.3 Å². The molecule has 5 nitrogen and oxygen atoms in total. The monoisotopic (exact) mass is 278 g/mol. The van der Waals surface area contributed by atoms with Gasteiger partial charge < -0.3 is 20.1 Å². The zero-order chi connectivity index (χ0) is 14.4. The van der Waals surface area contributed by atoms with Crippen molar-refractivity contribution in [2.24, 2.45) is 5.92 Å². The van der Waals surface area contributed by atoms with E-state index in [1.807, 2.05) is 12.1 Å². The van der Waals surface area contributed by atoms with Crippen molar-refractivity contribution >= 4 is 5.91 Å². The quantitative estimate of drug-likeness (QED) is 0.849. The fourth-order valence-electron chi connectivity index (χ4n) is 2.27. The molecule has 1 amide bonds. The maximum Gasteiger partial charge on any atom is 0.258 e. The van der Waals surface area contributed by atoms with Crippen molar-refractivity contribution in [1.29, 1.82) is 0 Å². The molecule has 0 saturated carbocycles. The van der Waals surface area contributed by atoms with Crippen LogP contribution in [-0.4, -0.2) is 38.8 Å². The van der Waals surface area contributed by atoms with E-state index in [1.54, 1.807) is 19.2 Å². The van der Waals surface area contributed by atoms with E-state index in [2.05, 4.69) is 17.6 Å². The molecule has 0 bridgehead atoms. The number of rotatable bonds is 5. The third-order valence-corrected chi connectivity index (χ3v) is 3.59. The highest BCUT2D eigenvalue weighted by atomic mass is 16.5. The molecule has 1 saturated heterocycles. The molecule has 2 rings (SSSR count). The molecule has 20 heavy (non-hydrogen) atoms. The fraction of sp³-hybridized carbons (Fsp3) is 0.533. The first-order chi connectivity index (χ1) is 9.69. The molecule has 1 aliphatic heterocycles. The molecule has 5 heteroatoms. The smallest absolute Gasteiger partial charge is 0.258 e. The molecule has 110 valence electrons. The van der Waals surface area contributed by atoms with E-state index in [4.69, 9.17) is 9.47 Å². The number of ether oxygens (including phenoxy) is 2. The van der Waals surface area contributed by atoms with Gasteiger partial charge in [-0.3, -0.25) is 4.79 Å². The van der Waals surface area contributed by atoms with Crippen molar-refractivity contribution in [3.63, 3.8) is 0 Å².